The van der Waals surface area contributed by atoms with Gasteiger partial charge < -0.3 is 15.6 Å². The largest absolute Gasteiger partial charge is 0.477 e. The zero-order valence-electron chi connectivity index (χ0n) is 20.9. The SMILES string of the molecule is Cc1cccc(C)c1-c1cc(OC[C@H](N)CC(C)(C)C)nc(NS(=O)(=O)c2cccc(C(=O)O)n2)n1. The maximum atomic E-state index is 13.0. The Morgan fingerprint density at radius 1 is 1.08 bits per heavy atom. The molecule has 192 valence electrons. The number of nitrogens with one attached hydrogen (secondary N) is 1. The number of benzene rings is 1. The number of ether oxygens (including phenoxy) is 1. The van der Waals surface area contributed by atoms with Gasteiger partial charge in [0.1, 0.15) is 12.3 Å². The fraction of sp³-hybridized carbons (Fsp3) is 0.360. The van der Waals surface area contributed by atoms with E-state index in [2.05, 4.69) is 40.4 Å². The quantitative estimate of drug-likeness (QED) is 0.387. The summed E-state index contributed by atoms with van der Waals surface area (Å²) in [6.45, 7) is 10.3. The lowest BCUT2D eigenvalue weighted by Gasteiger charge is -2.23. The molecular weight excluding hydrogens is 482 g/mol. The molecule has 1 aromatic carbocycles. The van der Waals surface area contributed by atoms with Gasteiger partial charge in [-0.2, -0.15) is 13.4 Å². The molecular formula is C25H31N5O5S. The number of hydrogen-bond donors (Lipinski definition) is 3. The smallest absolute Gasteiger partial charge is 0.354 e. The van der Waals surface area contributed by atoms with Crippen LogP contribution in [-0.4, -0.2) is 47.1 Å². The molecule has 0 unspecified atom stereocenters. The Balaban J connectivity index is 2.00. The van der Waals surface area contributed by atoms with Gasteiger partial charge in [-0.05, 0) is 48.9 Å². The monoisotopic (exact) mass is 513 g/mol. The van der Waals surface area contributed by atoms with Gasteiger partial charge in [0.15, 0.2) is 5.03 Å². The summed E-state index contributed by atoms with van der Waals surface area (Å²) in [5.74, 6) is -1.43. The van der Waals surface area contributed by atoms with Crippen LogP contribution in [0.15, 0.2) is 47.5 Å². The predicted octanol–water partition coefficient (Wildman–Crippen LogP) is 3.80. The Kier molecular flexibility index (Phi) is 7.95. The minimum atomic E-state index is -4.29. The number of aryl methyl sites for hydroxylation is 2. The normalized spacial score (nSPS) is 12.7. The summed E-state index contributed by atoms with van der Waals surface area (Å²) in [5, 5.41) is 8.69. The van der Waals surface area contributed by atoms with E-state index in [0.29, 0.717) is 12.1 Å². The van der Waals surface area contributed by atoms with E-state index >= 15 is 0 Å². The molecule has 0 bridgehead atoms. The van der Waals surface area contributed by atoms with Crippen LogP contribution in [0.25, 0.3) is 11.3 Å². The standard InChI is InChI=1S/C25H31N5O5S/c1-15-8-6-9-16(2)22(15)19-12-20(35-14-17(26)13-25(3,4)5)29-24(28-19)30-36(33,34)21-11-7-10-18(27-21)23(31)32/h6-12,17H,13-14,26H2,1-5H3,(H,31,32)(H,28,29,30)/t17-/m1/s1. The number of anilines is 1. The summed E-state index contributed by atoms with van der Waals surface area (Å²) in [4.78, 5) is 23.6. The molecule has 2 heterocycles. The topological polar surface area (TPSA) is 157 Å². The molecule has 4 N–H and O–H groups in total. The van der Waals surface area contributed by atoms with Gasteiger partial charge in [-0.15, -0.1) is 0 Å². The molecule has 36 heavy (non-hydrogen) atoms. The first-order valence-electron chi connectivity index (χ1n) is 11.3. The van der Waals surface area contributed by atoms with E-state index in [9.17, 15) is 13.2 Å². The van der Waals surface area contributed by atoms with Crippen molar-refractivity contribution in [2.75, 3.05) is 11.3 Å². The van der Waals surface area contributed by atoms with Crippen LogP contribution >= 0.6 is 0 Å². The molecule has 11 heteroatoms. The molecule has 3 rings (SSSR count). The number of carbonyl (C=O) groups is 1. The van der Waals surface area contributed by atoms with Gasteiger partial charge >= 0.3 is 5.97 Å². The minimum absolute atomic E-state index is 0.0101. The summed E-state index contributed by atoms with van der Waals surface area (Å²) in [7, 11) is -4.29. The van der Waals surface area contributed by atoms with E-state index in [-0.39, 0.29) is 29.9 Å². The van der Waals surface area contributed by atoms with E-state index in [1.54, 1.807) is 6.07 Å². The zero-order chi connectivity index (χ0) is 26.7. The summed E-state index contributed by atoms with van der Waals surface area (Å²) in [6, 6.07) is 10.8. The maximum absolute atomic E-state index is 13.0. The Morgan fingerprint density at radius 2 is 1.72 bits per heavy atom. The number of nitrogens with two attached hydrogens (primary N) is 1. The third-order valence-corrected chi connectivity index (χ3v) is 6.43. The van der Waals surface area contributed by atoms with Crippen LogP contribution < -0.4 is 15.2 Å². The molecule has 0 radical (unpaired) electrons. The first-order chi connectivity index (χ1) is 16.7. The van der Waals surface area contributed by atoms with Gasteiger partial charge in [-0.25, -0.2) is 19.5 Å². The second kappa shape index (κ2) is 10.6. The molecule has 0 amide bonds. The highest BCUT2D eigenvalue weighted by Gasteiger charge is 2.22. The molecule has 0 aliphatic rings. The number of nitrogens with zero attached hydrogens (tertiary/aromatic N) is 3. The number of hydrogen-bond acceptors (Lipinski definition) is 8. The van der Waals surface area contributed by atoms with Crippen LogP contribution in [0.1, 0.15) is 48.8 Å². The van der Waals surface area contributed by atoms with Crippen LogP contribution in [0.2, 0.25) is 0 Å². The number of carboxylic acid groups (broad SMARTS) is 1. The van der Waals surface area contributed by atoms with E-state index in [1.165, 1.54) is 18.2 Å². The third kappa shape index (κ3) is 6.98. The average Bonchev–Trinajstić information content (AvgIpc) is 2.76. The fourth-order valence-corrected chi connectivity index (χ4v) is 4.70. The van der Waals surface area contributed by atoms with Crippen molar-refractivity contribution < 1.29 is 23.1 Å². The fourth-order valence-electron chi connectivity index (χ4n) is 3.79. The summed E-state index contributed by atoms with van der Waals surface area (Å²) in [6.07, 6.45) is 0.715. The second-order valence-electron chi connectivity index (χ2n) is 9.79. The number of carboxylic acids is 1. The summed E-state index contributed by atoms with van der Waals surface area (Å²) < 4.78 is 34.1. The first kappa shape index (κ1) is 27.0. The highest BCUT2D eigenvalue weighted by atomic mass is 32.2. The maximum Gasteiger partial charge on any atom is 0.354 e. The van der Waals surface area contributed by atoms with Crippen LogP contribution in [-0.2, 0) is 10.0 Å². The average molecular weight is 514 g/mol. The molecule has 3 aromatic rings. The van der Waals surface area contributed by atoms with Gasteiger partial charge in [0.25, 0.3) is 10.0 Å². The van der Waals surface area contributed by atoms with E-state index in [4.69, 9.17) is 15.6 Å². The lowest BCUT2D eigenvalue weighted by Crippen LogP contribution is -2.32. The van der Waals surface area contributed by atoms with E-state index in [0.717, 1.165) is 16.7 Å². The molecule has 0 spiro atoms. The van der Waals surface area contributed by atoms with Crippen molar-refractivity contribution in [2.24, 2.45) is 11.1 Å². The predicted molar refractivity (Wildman–Crippen MR) is 136 cm³/mol. The van der Waals surface area contributed by atoms with Crippen molar-refractivity contribution in [2.45, 2.75) is 52.1 Å². The van der Waals surface area contributed by atoms with Crippen LogP contribution in [0.3, 0.4) is 0 Å². The van der Waals surface area contributed by atoms with Gasteiger partial charge in [0.05, 0.1) is 5.69 Å². The molecule has 1 atom stereocenters. The molecule has 0 saturated carbocycles. The van der Waals surface area contributed by atoms with E-state index < -0.39 is 26.7 Å². The van der Waals surface area contributed by atoms with Gasteiger partial charge in [-0.1, -0.05) is 45.0 Å². The number of aromatic nitrogens is 3. The van der Waals surface area contributed by atoms with Gasteiger partial charge in [-0.3, -0.25) is 0 Å². The zero-order valence-corrected chi connectivity index (χ0v) is 21.8. The summed E-state index contributed by atoms with van der Waals surface area (Å²) >= 11 is 0. The Bertz CT molecular complexity index is 1350. The number of pyridine rings is 1. The lowest BCUT2D eigenvalue weighted by atomic mass is 9.89. The van der Waals surface area contributed by atoms with E-state index in [1.807, 2.05) is 32.0 Å². The minimum Gasteiger partial charge on any atom is -0.477 e. The highest BCUT2D eigenvalue weighted by molar-refractivity contribution is 7.92. The van der Waals surface area contributed by atoms with Crippen molar-refractivity contribution in [3.05, 3.63) is 59.3 Å². The van der Waals surface area contributed by atoms with Crippen LogP contribution in [0.4, 0.5) is 5.95 Å². The number of rotatable bonds is 9. The van der Waals surface area contributed by atoms with Crippen LogP contribution in [0, 0.1) is 19.3 Å². The van der Waals surface area contributed by atoms with Crippen LogP contribution in [0.5, 0.6) is 5.88 Å². The molecule has 0 fully saturated rings. The number of sulfonamides is 1. The molecule has 0 aliphatic carbocycles. The Hall–Kier alpha value is -3.57. The molecule has 0 saturated heterocycles. The van der Waals surface area contributed by atoms with Crippen molar-refractivity contribution in [3.63, 3.8) is 0 Å². The third-order valence-electron chi connectivity index (χ3n) is 5.20. The lowest BCUT2D eigenvalue weighted by molar-refractivity contribution is 0.0689. The summed E-state index contributed by atoms with van der Waals surface area (Å²) in [5.41, 5.74) is 8.99. The van der Waals surface area contributed by atoms with Gasteiger partial charge in [0, 0.05) is 17.7 Å². The van der Waals surface area contributed by atoms with Crippen molar-refractivity contribution in [1.82, 2.24) is 15.0 Å². The molecule has 2 aromatic heterocycles. The second-order valence-corrected chi connectivity index (χ2v) is 11.4. The van der Waals surface area contributed by atoms with Gasteiger partial charge in [0.2, 0.25) is 11.8 Å². The van der Waals surface area contributed by atoms with Crippen molar-refractivity contribution >= 4 is 21.9 Å². The number of aromatic carboxylic acids is 1. The molecule has 0 aliphatic heterocycles. The Morgan fingerprint density at radius 3 is 2.33 bits per heavy atom. The van der Waals surface area contributed by atoms with Crippen molar-refractivity contribution in [1.29, 1.82) is 0 Å². The molecule has 10 nitrogen and oxygen atoms in total. The Labute approximate surface area is 211 Å². The highest BCUT2D eigenvalue weighted by Crippen LogP contribution is 2.29. The van der Waals surface area contributed by atoms with Crippen molar-refractivity contribution in [3.8, 4) is 17.1 Å². The first-order valence-corrected chi connectivity index (χ1v) is 12.8.